The molecular weight excluding hydrogens is 514 g/mol. The molecule has 2 aliphatic heterocycles. The molecule has 1 fully saturated rings. The summed E-state index contributed by atoms with van der Waals surface area (Å²) in [7, 11) is 0. The summed E-state index contributed by atoms with van der Waals surface area (Å²) < 4.78 is 21.6. The SMILES string of the molecule is CC1(C)Oc2c(ccc(F)c2N2CCCCCC2)-c2[nH]nc(C(=O)Nc3ccc(Cl)cc3Cl)c21.Cl. The lowest BCUT2D eigenvalue weighted by Gasteiger charge is -2.36. The van der Waals surface area contributed by atoms with Gasteiger partial charge in [0.1, 0.15) is 17.1 Å². The van der Waals surface area contributed by atoms with Gasteiger partial charge in [-0.2, -0.15) is 5.10 Å². The van der Waals surface area contributed by atoms with Gasteiger partial charge in [0.05, 0.1) is 22.0 Å². The zero-order chi connectivity index (χ0) is 24.0. The summed E-state index contributed by atoms with van der Waals surface area (Å²) in [5.41, 5.74) is 2.11. The number of nitrogens with zero attached hydrogens (tertiary/aromatic N) is 2. The van der Waals surface area contributed by atoms with Crippen LogP contribution in [0.3, 0.4) is 0 Å². The first-order chi connectivity index (χ1) is 16.3. The van der Waals surface area contributed by atoms with Crippen LogP contribution in [0, 0.1) is 5.82 Å². The molecule has 0 radical (unpaired) electrons. The van der Waals surface area contributed by atoms with Gasteiger partial charge in [0.25, 0.3) is 5.91 Å². The number of hydrogen-bond acceptors (Lipinski definition) is 4. The van der Waals surface area contributed by atoms with E-state index in [2.05, 4.69) is 20.4 Å². The molecule has 35 heavy (non-hydrogen) atoms. The van der Waals surface area contributed by atoms with Crippen LogP contribution >= 0.6 is 35.6 Å². The number of aromatic nitrogens is 2. The molecular formula is C25H26Cl3FN4O2. The average Bonchev–Trinajstić information content (AvgIpc) is 3.07. The Morgan fingerprint density at radius 3 is 2.54 bits per heavy atom. The fourth-order valence-electron chi connectivity index (χ4n) is 4.80. The van der Waals surface area contributed by atoms with E-state index in [1.54, 1.807) is 24.3 Å². The van der Waals surface area contributed by atoms with Crippen molar-refractivity contribution in [1.82, 2.24) is 10.2 Å². The van der Waals surface area contributed by atoms with Gasteiger partial charge in [-0.15, -0.1) is 12.4 Å². The minimum atomic E-state index is -0.930. The maximum absolute atomic E-state index is 15.1. The number of hydrogen-bond donors (Lipinski definition) is 2. The zero-order valence-electron chi connectivity index (χ0n) is 19.4. The first kappa shape index (κ1) is 25.6. The number of rotatable bonds is 3. The second-order valence-electron chi connectivity index (χ2n) is 9.19. The van der Waals surface area contributed by atoms with Gasteiger partial charge in [0.15, 0.2) is 11.4 Å². The highest BCUT2D eigenvalue weighted by Crippen LogP contribution is 2.50. The van der Waals surface area contributed by atoms with Gasteiger partial charge >= 0.3 is 0 Å². The van der Waals surface area contributed by atoms with Crippen LogP contribution in [0.25, 0.3) is 11.3 Å². The summed E-state index contributed by atoms with van der Waals surface area (Å²) in [6.07, 6.45) is 4.30. The molecule has 1 amide bonds. The van der Waals surface area contributed by atoms with Gasteiger partial charge in [-0.05, 0) is 57.0 Å². The number of carbonyl (C=O) groups excluding carboxylic acids is 1. The van der Waals surface area contributed by atoms with Gasteiger partial charge in [-0.3, -0.25) is 9.89 Å². The molecule has 0 unspecified atom stereocenters. The van der Waals surface area contributed by atoms with E-state index in [1.165, 1.54) is 6.07 Å². The van der Waals surface area contributed by atoms with Gasteiger partial charge in [-0.1, -0.05) is 36.0 Å². The molecule has 0 aliphatic carbocycles. The highest BCUT2D eigenvalue weighted by molar-refractivity contribution is 6.36. The number of amides is 1. The molecule has 5 rings (SSSR count). The topological polar surface area (TPSA) is 70.2 Å². The van der Waals surface area contributed by atoms with E-state index < -0.39 is 11.5 Å². The summed E-state index contributed by atoms with van der Waals surface area (Å²) >= 11 is 12.2. The smallest absolute Gasteiger partial charge is 0.276 e. The fourth-order valence-corrected chi connectivity index (χ4v) is 5.26. The fraction of sp³-hybridized carbons (Fsp3) is 0.360. The number of nitrogens with one attached hydrogen (secondary N) is 2. The number of ether oxygens (including phenoxy) is 1. The molecule has 0 bridgehead atoms. The number of anilines is 2. The molecule has 1 aromatic heterocycles. The molecule has 0 saturated carbocycles. The Morgan fingerprint density at radius 2 is 1.86 bits per heavy atom. The molecule has 10 heteroatoms. The molecule has 2 N–H and O–H groups in total. The van der Waals surface area contributed by atoms with Crippen molar-refractivity contribution in [1.29, 1.82) is 0 Å². The predicted octanol–water partition coefficient (Wildman–Crippen LogP) is 7.20. The molecule has 3 aromatic rings. The first-order valence-corrected chi connectivity index (χ1v) is 12.1. The summed E-state index contributed by atoms with van der Waals surface area (Å²) in [6, 6.07) is 7.97. The maximum atomic E-state index is 15.1. The molecule has 1 saturated heterocycles. The Kier molecular flexibility index (Phi) is 7.23. The van der Waals surface area contributed by atoms with Crippen molar-refractivity contribution in [3.63, 3.8) is 0 Å². The third-order valence-electron chi connectivity index (χ3n) is 6.39. The second-order valence-corrected chi connectivity index (χ2v) is 10.0. The maximum Gasteiger partial charge on any atom is 0.276 e. The summed E-state index contributed by atoms with van der Waals surface area (Å²) in [6.45, 7) is 5.27. The number of H-pyrrole nitrogens is 1. The lowest BCUT2D eigenvalue weighted by atomic mass is 9.88. The first-order valence-electron chi connectivity index (χ1n) is 11.4. The van der Waals surface area contributed by atoms with Crippen LogP contribution < -0.4 is 15.0 Å². The highest BCUT2D eigenvalue weighted by Gasteiger charge is 2.41. The van der Waals surface area contributed by atoms with Crippen molar-refractivity contribution >= 4 is 52.9 Å². The van der Waals surface area contributed by atoms with Crippen LogP contribution in [0.2, 0.25) is 10.0 Å². The Hall–Kier alpha value is -2.48. The van der Waals surface area contributed by atoms with E-state index in [0.29, 0.717) is 44.0 Å². The van der Waals surface area contributed by atoms with Crippen LogP contribution in [0.1, 0.15) is 55.6 Å². The second kappa shape index (κ2) is 9.88. The number of halogens is 4. The minimum Gasteiger partial charge on any atom is -0.480 e. The predicted molar refractivity (Wildman–Crippen MR) is 140 cm³/mol. The van der Waals surface area contributed by atoms with Crippen molar-refractivity contribution in [3.05, 3.63) is 57.5 Å². The van der Waals surface area contributed by atoms with Gasteiger partial charge in [-0.25, -0.2) is 4.39 Å². The standard InChI is InChI=1S/C25H25Cl2FN4O2.ClH/c1-25(2)19-20(30-31-21(19)24(33)29-18-10-7-14(26)13-16(18)27)15-8-9-17(28)22(23(15)34-25)32-11-5-3-4-6-12-32;/h7-10,13H,3-6,11-12H2,1-2H3,(H,29,33)(H,30,31);1H. The zero-order valence-corrected chi connectivity index (χ0v) is 21.7. The molecule has 0 atom stereocenters. The minimum absolute atomic E-state index is 0. The van der Waals surface area contributed by atoms with E-state index in [9.17, 15) is 4.79 Å². The van der Waals surface area contributed by atoms with E-state index in [-0.39, 0.29) is 23.9 Å². The summed E-state index contributed by atoms with van der Waals surface area (Å²) in [5.74, 6) is -0.262. The van der Waals surface area contributed by atoms with Crippen molar-refractivity contribution < 1.29 is 13.9 Å². The monoisotopic (exact) mass is 538 g/mol. The van der Waals surface area contributed by atoms with Crippen LogP contribution in [-0.2, 0) is 5.60 Å². The number of carbonyl (C=O) groups is 1. The quantitative estimate of drug-likeness (QED) is 0.369. The Bertz CT molecular complexity index is 1270. The number of aromatic amines is 1. The Labute approximate surface area is 219 Å². The van der Waals surface area contributed by atoms with E-state index >= 15 is 4.39 Å². The molecule has 2 aromatic carbocycles. The molecule has 3 heterocycles. The molecule has 186 valence electrons. The van der Waals surface area contributed by atoms with Crippen molar-refractivity contribution in [2.24, 2.45) is 0 Å². The Morgan fingerprint density at radius 1 is 1.14 bits per heavy atom. The van der Waals surface area contributed by atoms with Crippen LogP contribution in [-0.4, -0.2) is 29.2 Å². The van der Waals surface area contributed by atoms with Crippen LogP contribution in [0.5, 0.6) is 5.75 Å². The number of benzene rings is 2. The highest BCUT2D eigenvalue weighted by atomic mass is 35.5. The molecule has 2 aliphatic rings. The van der Waals surface area contributed by atoms with Gasteiger partial charge in [0.2, 0.25) is 0 Å². The van der Waals surface area contributed by atoms with Crippen LogP contribution in [0.15, 0.2) is 30.3 Å². The van der Waals surface area contributed by atoms with E-state index in [1.807, 2.05) is 13.8 Å². The number of fused-ring (bicyclic) bond motifs is 3. The normalized spacial score (nSPS) is 16.3. The largest absolute Gasteiger partial charge is 0.480 e. The average molecular weight is 540 g/mol. The van der Waals surface area contributed by atoms with Crippen molar-refractivity contribution in [2.75, 3.05) is 23.3 Å². The van der Waals surface area contributed by atoms with Gasteiger partial charge < -0.3 is 15.0 Å². The van der Waals surface area contributed by atoms with E-state index in [0.717, 1.165) is 38.8 Å². The van der Waals surface area contributed by atoms with Crippen LogP contribution in [0.4, 0.5) is 15.8 Å². The summed E-state index contributed by atoms with van der Waals surface area (Å²) in [4.78, 5) is 15.3. The molecule has 0 spiro atoms. The third kappa shape index (κ3) is 4.69. The third-order valence-corrected chi connectivity index (χ3v) is 6.94. The van der Waals surface area contributed by atoms with Crippen molar-refractivity contribution in [2.45, 2.75) is 45.1 Å². The van der Waals surface area contributed by atoms with Gasteiger partial charge in [0, 0.05) is 23.7 Å². The Balaban J connectivity index is 0.00000289. The lowest BCUT2D eigenvalue weighted by Crippen LogP contribution is -2.34. The van der Waals surface area contributed by atoms with E-state index in [4.69, 9.17) is 27.9 Å². The lowest BCUT2D eigenvalue weighted by molar-refractivity contribution is 0.0951. The summed E-state index contributed by atoms with van der Waals surface area (Å²) in [5, 5.41) is 10.9. The van der Waals surface area contributed by atoms with Crippen molar-refractivity contribution in [3.8, 4) is 17.0 Å². The molecule has 6 nitrogen and oxygen atoms in total.